The second-order valence-corrected chi connectivity index (χ2v) is 7.55. The topological polar surface area (TPSA) is 135 Å². The van der Waals surface area contributed by atoms with Crippen molar-refractivity contribution < 1.29 is 19.5 Å². The molecule has 2 atom stereocenters. The van der Waals surface area contributed by atoms with Crippen molar-refractivity contribution in [3.63, 3.8) is 0 Å². The van der Waals surface area contributed by atoms with Crippen LogP contribution in [0.3, 0.4) is 0 Å². The number of hydrogen-bond donors (Lipinski definition) is 4. The number of nitrogens with two attached hydrogens (primary N) is 1. The van der Waals surface area contributed by atoms with Crippen molar-refractivity contribution >= 4 is 49.4 Å². The Labute approximate surface area is 166 Å². The van der Waals surface area contributed by atoms with Crippen LogP contribution in [-0.4, -0.2) is 52.1 Å². The van der Waals surface area contributed by atoms with Crippen LogP contribution < -0.4 is 11.1 Å². The molecule has 1 spiro atoms. The van der Waals surface area contributed by atoms with Crippen molar-refractivity contribution in [2.24, 2.45) is 5.16 Å². The molecule has 26 heavy (non-hydrogen) atoms. The molecule has 0 aromatic carbocycles. The van der Waals surface area contributed by atoms with Crippen LogP contribution in [0, 0.1) is 0 Å². The lowest BCUT2D eigenvalue weighted by molar-refractivity contribution is -0.114. The molecule has 11 heteroatoms. The minimum Gasteiger partial charge on any atom is -0.495 e. The molecule has 0 radical (unpaired) electrons. The summed E-state index contributed by atoms with van der Waals surface area (Å²) in [5.74, 6) is 0.437. The summed E-state index contributed by atoms with van der Waals surface area (Å²) in [7, 11) is 1.49. The number of allylic oxidation sites excluding steroid dienone is 1. The zero-order valence-corrected chi connectivity index (χ0v) is 16.9. The first-order valence-electron chi connectivity index (χ1n) is 7.69. The molecular formula is C15H17Br2N5O4. The minimum absolute atomic E-state index is 0.123. The second kappa shape index (κ2) is 7.41. The van der Waals surface area contributed by atoms with Gasteiger partial charge in [0.1, 0.15) is 17.6 Å². The number of nitrogens with one attached hydrogen (secondary N) is 2. The summed E-state index contributed by atoms with van der Waals surface area (Å²) in [5.41, 5.74) is 5.36. The van der Waals surface area contributed by atoms with Crippen molar-refractivity contribution in [3.8, 4) is 0 Å². The SMILES string of the molecule is COC1=C(Br)[C@@H](O)[C@]2(C=C1Br)CC(C(=O)NCCc1cnc(N)[nH]1)=NO2. The number of rotatable bonds is 5. The number of methoxy groups -OCH3 is 1. The van der Waals surface area contributed by atoms with E-state index in [1.165, 1.54) is 7.11 Å². The van der Waals surface area contributed by atoms with Gasteiger partial charge in [-0.2, -0.15) is 0 Å². The van der Waals surface area contributed by atoms with Crippen molar-refractivity contribution in [2.45, 2.75) is 24.5 Å². The van der Waals surface area contributed by atoms with Gasteiger partial charge in [0.15, 0.2) is 11.5 Å². The van der Waals surface area contributed by atoms with Crippen LogP contribution in [0.4, 0.5) is 5.95 Å². The number of anilines is 1. The van der Waals surface area contributed by atoms with E-state index in [-0.39, 0.29) is 18.0 Å². The third-order valence-electron chi connectivity index (χ3n) is 4.07. The van der Waals surface area contributed by atoms with E-state index >= 15 is 0 Å². The smallest absolute Gasteiger partial charge is 0.269 e. The highest BCUT2D eigenvalue weighted by atomic mass is 79.9. The number of aromatic nitrogens is 2. The molecule has 9 nitrogen and oxygen atoms in total. The number of imidazole rings is 1. The number of H-pyrrole nitrogens is 1. The highest BCUT2D eigenvalue weighted by molar-refractivity contribution is 9.12. The largest absolute Gasteiger partial charge is 0.495 e. The van der Waals surface area contributed by atoms with Crippen LogP contribution in [0.5, 0.6) is 0 Å². The highest BCUT2D eigenvalue weighted by Crippen LogP contribution is 2.43. The van der Waals surface area contributed by atoms with E-state index in [1.54, 1.807) is 12.3 Å². The molecule has 140 valence electrons. The number of nitrogens with zero attached hydrogens (tertiary/aromatic N) is 2. The van der Waals surface area contributed by atoms with E-state index in [2.05, 4.69) is 52.3 Å². The lowest BCUT2D eigenvalue weighted by Gasteiger charge is -2.33. The van der Waals surface area contributed by atoms with Gasteiger partial charge in [0.2, 0.25) is 0 Å². The maximum Gasteiger partial charge on any atom is 0.269 e. The Morgan fingerprint density at radius 2 is 2.38 bits per heavy atom. The average Bonchev–Trinajstić information content (AvgIpc) is 3.21. The summed E-state index contributed by atoms with van der Waals surface area (Å²) < 4.78 is 6.25. The second-order valence-electron chi connectivity index (χ2n) is 5.84. The van der Waals surface area contributed by atoms with Crippen molar-refractivity contribution in [1.82, 2.24) is 15.3 Å². The van der Waals surface area contributed by atoms with Crippen LogP contribution in [0.2, 0.25) is 0 Å². The van der Waals surface area contributed by atoms with Crippen molar-refractivity contribution in [2.75, 3.05) is 19.4 Å². The fourth-order valence-corrected chi connectivity index (χ4v) is 4.53. The van der Waals surface area contributed by atoms with Gasteiger partial charge in [-0.25, -0.2) is 4.98 Å². The molecule has 0 saturated carbocycles. The molecule has 0 fully saturated rings. The number of hydrogen-bond acceptors (Lipinski definition) is 7. The Hall–Kier alpha value is -1.85. The number of oxime groups is 1. The zero-order valence-electron chi connectivity index (χ0n) is 13.8. The molecule has 2 aliphatic rings. The Bertz CT molecular complexity index is 819. The summed E-state index contributed by atoms with van der Waals surface area (Å²) >= 11 is 6.70. The van der Waals surface area contributed by atoms with E-state index in [9.17, 15) is 9.90 Å². The molecule has 0 saturated heterocycles. The fourth-order valence-electron chi connectivity index (χ4n) is 2.74. The van der Waals surface area contributed by atoms with Gasteiger partial charge in [0.05, 0.1) is 22.3 Å². The van der Waals surface area contributed by atoms with E-state index in [1.807, 2.05) is 0 Å². The van der Waals surface area contributed by atoms with E-state index in [0.29, 0.717) is 33.6 Å². The maximum atomic E-state index is 12.3. The van der Waals surface area contributed by atoms with Crippen molar-refractivity contribution in [3.05, 3.63) is 32.7 Å². The third-order valence-corrected chi connectivity index (χ3v) is 5.45. The first-order chi connectivity index (χ1) is 12.4. The summed E-state index contributed by atoms with van der Waals surface area (Å²) in [6, 6.07) is 0. The van der Waals surface area contributed by atoms with Gasteiger partial charge in [-0.15, -0.1) is 0 Å². The molecule has 2 heterocycles. The molecule has 0 bridgehead atoms. The molecule has 1 aliphatic heterocycles. The number of ether oxygens (including phenoxy) is 1. The van der Waals surface area contributed by atoms with Crippen LogP contribution in [0.1, 0.15) is 12.1 Å². The number of aliphatic hydroxyl groups is 1. The predicted octanol–water partition coefficient (Wildman–Crippen LogP) is 1.07. The van der Waals surface area contributed by atoms with Gasteiger partial charge in [0, 0.05) is 25.1 Å². The number of halogens is 2. The quantitative estimate of drug-likeness (QED) is 0.487. The monoisotopic (exact) mass is 489 g/mol. The normalized spacial score (nSPS) is 25.0. The zero-order chi connectivity index (χ0) is 18.9. The Morgan fingerprint density at radius 3 is 3.04 bits per heavy atom. The predicted molar refractivity (Wildman–Crippen MR) is 102 cm³/mol. The van der Waals surface area contributed by atoms with Gasteiger partial charge < -0.3 is 30.7 Å². The fraction of sp³-hybridized carbons (Fsp3) is 0.400. The molecule has 5 N–H and O–H groups in total. The van der Waals surface area contributed by atoms with Crippen LogP contribution in [0.15, 0.2) is 32.2 Å². The number of aromatic amines is 1. The van der Waals surface area contributed by atoms with Crippen LogP contribution in [0.25, 0.3) is 0 Å². The Morgan fingerprint density at radius 1 is 1.62 bits per heavy atom. The molecule has 1 aliphatic carbocycles. The standard InChI is InChI=1S/C15H17Br2N5O4/c1-25-11-8(16)4-15(12(23)10(11)17)5-9(22-26-15)13(24)19-3-2-7-6-20-14(18)21-7/h4,6,12,23H,2-3,5H2,1H3,(H,19,24)(H3,18,20,21)/t12-,15+/m1/s1. The van der Waals surface area contributed by atoms with Gasteiger partial charge >= 0.3 is 0 Å². The Kier molecular flexibility index (Phi) is 5.39. The van der Waals surface area contributed by atoms with Gasteiger partial charge in [-0.1, -0.05) is 5.16 Å². The third kappa shape index (κ3) is 3.51. The summed E-state index contributed by atoms with van der Waals surface area (Å²) in [6.45, 7) is 0.381. The van der Waals surface area contributed by atoms with Gasteiger partial charge in [-0.3, -0.25) is 4.79 Å². The van der Waals surface area contributed by atoms with E-state index in [4.69, 9.17) is 15.3 Å². The molecule has 1 aromatic heterocycles. The molecule has 3 rings (SSSR count). The summed E-state index contributed by atoms with van der Waals surface area (Å²) in [5, 5.41) is 17.2. The van der Waals surface area contributed by atoms with Crippen LogP contribution in [-0.2, 0) is 20.8 Å². The average molecular weight is 491 g/mol. The minimum atomic E-state index is -1.16. The number of amides is 1. The first-order valence-corrected chi connectivity index (χ1v) is 9.28. The molecule has 1 aromatic rings. The summed E-state index contributed by atoms with van der Waals surface area (Å²) in [6.07, 6.45) is 2.89. The maximum absolute atomic E-state index is 12.3. The molecule has 1 amide bonds. The number of carbonyl (C=O) groups is 1. The van der Waals surface area contributed by atoms with Crippen LogP contribution >= 0.6 is 31.9 Å². The molecular weight excluding hydrogens is 474 g/mol. The number of carbonyl (C=O) groups excluding carboxylic acids is 1. The number of nitrogen functional groups attached to an aromatic ring is 1. The van der Waals surface area contributed by atoms with E-state index < -0.39 is 11.7 Å². The first kappa shape index (κ1) is 18.9. The highest BCUT2D eigenvalue weighted by Gasteiger charge is 2.50. The van der Waals surface area contributed by atoms with E-state index in [0.717, 1.165) is 5.69 Å². The van der Waals surface area contributed by atoms with Crippen molar-refractivity contribution in [1.29, 1.82) is 0 Å². The van der Waals surface area contributed by atoms with Gasteiger partial charge in [0.25, 0.3) is 5.91 Å². The lowest BCUT2D eigenvalue weighted by Crippen LogP contribution is -2.45. The lowest BCUT2D eigenvalue weighted by atomic mass is 9.87. The molecule has 0 unspecified atom stereocenters. The Balaban J connectivity index is 1.61. The van der Waals surface area contributed by atoms with Gasteiger partial charge in [-0.05, 0) is 37.9 Å². The number of aliphatic hydroxyl groups excluding tert-OH is 1. The summed E-state index contributed by atoms with van der Waals surface area (Å²) in [4.78, 5) is 24.5.